The highest BCUT2D eigenvalue weighted by Crippen LogP contribution is 2.09. The molecule has 0 aromatic heterocycles. The fourth-order valence-corrected chi connectivity index (χ4v) is 2.89. The molecule has 7 nitrogen and oxygen atoms in total. The van der Waals surface area contributed by atoms with Gasteiger partial charge in [-0.05, 0) is 6.42 Å². The molecular formula is C9H19N3O4S. The molecule has 17 heavy (non-hydrogen) atoms. The topological polar surface area (TPSA) is 81.2 Å². The van der Waals surface area contributed by atoms with Gasteiger partial charge < -0.3 is 5.11 Å². The molecule has 0 aromatic rings. The van der Waals surface area contributed by atoms with Crippen molar-refractivity contribution in [3.8, 4) is 0 Å². The molecule has 1 aliphatic heterocycles. The van der Waals surface area contributed by atoms with E-state index in [1.807, 2.05) is 0 Å². The molecule has 0 amide bonds. The Labute approximate surface area is 102 Å². The molecule has 100 valence electrons. The Morgan fingerprint density at radius 3 is 2.41 bits per heavy atom. The van der Waals surface area contributed by atoms with Gasteiger partial charge in [0.25, 0.3) is 10.2 Å². The summed E-state index contributed by atoms with van der Waals surface area (Å²) in [6, 6.07) is 0. The molecule has 1 rings (SSSR count). The standard InChI is InChI=1S/C9H19N3O4S/c1-10(2)17(15,16)12-5-3-4-11(6-7-12)8-9(13)14/h3-8H2,1-2H3,(H,13,14). The molecule has 0 saturated carbocycles. The lowest BCUT2D eigenvalue weighted by molar-refractivity contribution is -0.138. The van der Waals surface area contributed by atoms with E-state index in [0.29, 0.717) is 32.6 Å². The maximum atomic E-state index is 11.9. The van der Waals surface area contributed by atoms with E-state index in [1.165, 1.54) is 22.7 Å². The molecule has 0 bridgehead atoms. The SMILES string of the molecule is CN(C)S(=O)(=O)N1CCCN(CC(=O)O)CC1. The van der Waals surface area contributed by atoms with Crippen molar-refractivity contribution in [2.24, 2.45) is 0 Å². The Morgan fingerprint density at radius 2 is 1.88 bits per heavy atom. The van der Waals surface area contributed by atoms with E-state index in [-0.39, 0.29) is 6.54 Å². The Bertz CT molecular complexity index is 368. The molecular weight excluding hydrogens is 246 g/mol. The average molecular weight is 265 g/mol. The van der Waals surface area contributed by atoms with E-state index in [1.54, 1.807) is 4.90 Å². The molecule has 1 N–H and O–H groups in total. The second kappa shape index (κ2) is 5.76. The normalized spacial score (nSPS) is 20.4. The third-order valence-electron chi connectivity index (χ3n) is 2.69. The predicted octanol–water partition coefficient (Wildman–Crippen LogP) is -1.11. The number of nitrogens with zero attached hydrogens (tertiary/aromatic N) is 3. The molecule has 0 aromatic carbocycles. The largest absolute Gasteiger partial charge is 0.480 e. The van der Waals surface area contributed by atoms with Crippen molar-refractivity contribution in [1.82, 2.24) is 13.5 Å². The van der Waals surface area contributed by atoms with Crippen LogP contribution in [0, 0.1) is 0 Å². The average Bonchev–Trinajstić information content (AvgIpc) is 2.42. The summed E-state index contributed by atoms with van der Waals surface area (Å²) in [5.74, 6) is -0.881. The number of carbonyl (C=O) groups is 1. The minimum Gasteiger partial charge on any atom is -0.480 e. The minimum atomic E-state index is -3.38. The monoisotopic (exact) mass is 265 g/mol. The first-order chi connectivity index (χ1) is 7.84. The first-order valence-corrected chi connectivity index (χ1v) is 6.85. The lowest BCUT2D eigenvalue weighted by atomic mass is 10.4. The van der Waals surface area contributed by atoms with Crippen LogP contribution in [-0.4, -0.2) is 79.8 Å². The zero-order valence-electron chi connectivity index (χ0n) is 10.2. The Morgan fingerprint density at radius 1 is 1.24 bits per heavy atom. The smallest absolute Gasteiger partial charge is 0.317 e. The van der Waals surface area contributed by atoms with Crippen LogP contribution in [0.1, 0.15) is 6.42 Å². The van der Waals surface area contributed by atoms with Gasteiger partial charge in [0, 0.05) is 40.3 Å². The van der Waals surface area contributed by atoms with Gasteiger partial charge in [0.1, 0.15) is 0 Å². The molecule has 8 heteroatoms. The Balaban J connectivity index is 2.62. The fourth-order valence-electron chi connectivity index (χ4n) is 1.76. The zero-order valence-corrected chi connectivity index (χ0v) is 11.0. The van der Waals surface area contributed by atoms with Crippen LogP contribution in [0.15, 0.2) is 0 Å². The summed E-state index contributed by atoms with van der Waals surface area (Å²) in [6.07, 6.45) is 0.653. The van der Waals surface area contributed by atoms with Gasteiger partial charge in [0.2, 0.25) is 0 Å². The lowest BCUT2D eigenvalue weighted by Gasteiger charge is -2.23. The molecule has 0 aliphatic carbocycles. The van der Waals surface area contributed by atoms with Crippen LogP contribution in [0.3, 0.4) is 0 Å². The second-order valence-corrected chi connectivity index (χ2v) is 6.36. The highest BCUT2D eigenvalue weighted by molar-refractivity contribution is 7.86. The van der Waals surface area contributed by atoms with E-state index >= 15 is 0 Å². The maximum absolute atomic E-state index is 11.9. The van der Waals surface area contributed by atoms with Crippen molar-refractivity contribution < 1.29 is 18.3 Å². The van der Waals surface area contributed by atoms with E-state index in [9.17, 15) is 13.2 Å². The lowest BCUT2D eigenvalue weighted by Crippen LogP contribution is -2.42. The molecule has 0 radical (unpaired) electrons. The fraction of sp³-hybridized carbons (Fsp3) is 0.889. The number of carboxylic acids is 1. The summed E-state index contributed by atoms with van der Waals surface area (Å²) in [5.41, 5.74) is 0. The first kappa shape index (κ1) is 14.4. The van der Waals surface area contributed by atoms with Crippen LogP contribution in [0.5, 0.6) is 0 Å². The third kappa shape index (κ3) is 3.91. The van der Waals surface area contributed by atoms with Crippen molar-refractivity contribution in [3.05, 3.63) is 0 Å². The molecule has 1 aliphatic rings. The van der Waals surface area contributed by atoms with Crippen molar-refractivity contribution >= 4 is 16.2 Å². The van der Waals surface area contributed by atoms with Gasteiger partial charge in [-0.15, -0.1) is 0 Å². The first-order valence-electron chi connectivity index (χ1n) is 5.46. The van der Waals surface area contributed by atoms with Crippen molar-refractivity contribution in [2.45, 2.75) is 6.42 Å². The van der Waals surface area contributed by atoms with Crippen LogP contribution >= 0.6 is 0 Å². The number of rotatable bonds is 4. The number of hydrogen-bond acceptors (Lipinski definition) is 4. The van der Waals surface area contributed by atoms with Gasteiger partial charge in [0.15, 0.2) is 0 Å². The Kier molecular flexibility index (Phi) is 4.87. The van der Waals surface area contributed by atoms with E-state index in [4.69, 9.17) is 5.11 Å². The number of aliphatic carboxylic acids is 1. The van der Waals surface area contributed by atoms with Crippen molar-refractivity contribution in [3.63, 3.8) is 0 Å². The van der Waals surface area contributed by atoms with Crippen molar-refractivity contribution in [1.29, 1.82) is 0 Å². The molecule has 0 spiro atoms. The molecule has 0 unspecified atom stereocenters. The molecule has 1 heterocycles. The van der Waals surface area contributed by atoms with Gasteiger partial charge in [-0.25, -0.2) is 0 Å². The minimum absolute atomic E-state index is 0.0319. The maximum Gasteiger partial charge on any atom is 0.317 e. The number of carboxylic acid groups (broad SMARTS) is 1. The summed E-state index contributed by atoms with van der Waals surface area (Å²) in [6.45, 7) is 1.82. The zero-order chi connectivity index (χ0) is 13.1. The number of hydrogen-bond donors (Lipinski definition) is 1. The van der Waals surface area contributed by atoms with Gasteiger partial charge >= 0.3 is 5.97 Å². The van der Waals surface area contributed by atoms with Gasteiger partial charge in [0.05, 0.1) is 6.54 Å². The summed E-state index contributed by atoms with van der Waals surface area (Å²) in [5, 5.41) is 8.69. The third-order valence-corrected chi connectivity index (χ3v) is 4.63. The predicted molar refractivity (Wildman–Crippen MR) is 62.9 cm³/mol. The van der Waals surface area contributed by atoms with Crippen LogP contribution in [0.25, 0.3) is 0 Å². The van der Waals surface area contributed by atoms with E-state index in [0.717, 1.165) is 0 Å². The van der Waals surface area contributed by atoms with Gasteiger partial charge in [-0.1, -0.05) is 0 Å². The van der Waals surface area contributed by atoms with Crippen LogP contribution in [0.2, 0.25) is 0 Å². The molecule has 1 saturated heterocycles. The summed E-state index contributed by atoms with van der Waals surface area (Å²) < 4.78 is 26.3. The molecule has 0 atom stereocenters. The van der Waals surface area contributed by atoms with Crippen LogP contribution in [0.4, 0.5) is 0 Å². The summed E-state index contributed by atoms with van der Waals surface area (Å²) >= 11 is 0. The van der Waals surface area contributed by atoms with Gasteiger partial charge in [-0.3, -0.25) is 9.69 Å². The summed E-state index contributed by atoms with van der Waals surface area (Å²) in [4.78, 5) is 12.3. The van der Waals surface area contributed by atoms with E-state index in [2.05, 4.69) is 0 Å². The highest BCUT2D eigenvalue weighted by Gasteiger charge is 2.27. The van der Waals surface area contributed by atoms with Crippen molar-refractivity contribution in [2.75, 3.05) is 46.8 Å². The van der Waals surface area contributed by atoms with Crippen LogP contribution in [-0.2, 0) is 15.0 Å². The quantitative estimate of drug-likeness (QED) is 0.697. The Hall–Kier alpha value is -0.700. The molecule has 1 fully saturated rings. The van der Waals surface area contributed by atoms with E-state index < -0.39 is 16.2 Å². The summed E-state index contributed by atoms with van der Waals surface area (Å²) in [7, 11) is -0.392. The van der Waals surface area contributed by atoms with Gasteiger partial charge in [-0.2, -0.15) is 17.0 Å². The second-order valence-electron chi connectivity index (χ2n) is 4.21. The highest BCUT2D eigenvalue weighted by atomic mass is 32.2. The van der Waals surface area contributed by atoms with Crippen LogP contribution < -0.4 is 0 Å².